The second-order valence-corrected chi connectivity index (χ2v) is 3.23. The summed E-state index contributed by atoms with van der Waals surface area (Å²) in [6.07, 6.45) is 1.30. The van der Waals surface area contributed by atoms with Crippen molar-refractivity contribution in [3.05, 3.63) is 17.1 Å². The van der Waals surface area contributed by atoms with Gasteiger partial charge in [0.25, 0.3) is 0 Å². The summed E-state index contributed by atoms with van der Waals surface area (Å²) in [7, 11) is 0. The fourth-order valence-electron chi connectivity index (χ4n) is 1.57. The third-order valence-electron chi connectivity index (χ3n) is 2.19. The van der Waals surface area contributed by atoms with Gasteiger partial charge in [0.2, 0.25) is 5.91 Å². The van der Waals surface area contributed by atoms with Crippen LogP contribution < -0.4 is 5.32 Å². The first-order valence-electron chi connectivity index (χ1n) is 4.31. The molecule has 0 spiro atoms. The van der Waals surface area contributed by atoms with Crippen LogP contribution in [0, 0.1) is 13.8 Å². The Kier molecular flexibility index (Phi) is 1.76. The van der Waals surface area contributed by atoms with E-state index in [9.17, 15) is 4.79 Å². The van der Waals surface area contributed by atoms with Gasteiger partial charge in [-0.25, -0.2) is 9.97 Å². The number of nitrogens with one attached hydrogen (secondary N) is 1. The standard InChI is InChI=1S/C9H11N3O/c1-5-7-3-4-8(13)12-9(7)11-6(2)10-5/h3-4H2,1-2H3,(H,10,11,12,13). The van der Waals surface area contributed by atoms with E-state index in [0.717, 1.165) is 17.7 Å². The predicted octanol–water partition coefficient (Wildman–Crippen LogP) is 0.978. The Hall–Kier alpha value is -1.45. The Morgan fingerprint density at radius 2 is 2.00 bits per heavy atom. The van der Waals surface area contributed by atoms with Gasteiger partial charge in [-0.05, 0) is 20.3 Å². The molecule has 2 rings (SSSR count). The number of aryl methyl sites for hydroxylation is 2. The van der Waals surface area contributed by atoms with Gasteiger partial charge in [-0.3, -0.25) is 4.79 Å². The maximum atomic E-state index is 11.1. The first-order chi connectivity index (χ1) is 6.16. The van der Waals surface area contributed by atoms with Gasteiger partial charge < -0.3 is 5.32 Å². The lowest BCUT2D eigenvalue weighted by atomic mass is 10.1. The monoisotopic (exact) mass is 177 g/mol. The molecule has 0 atom stereocenters. The lowest BCUT2D eigenvalue weighted by Crippen LogP contribution is -2.22. The van der Waals surface area contributed by atoms with Crippen molar-refractivity contribution in [1.29, 1.82) is 0 Å². The van der Waals surface area contributed by atoms with E-state index in [4.69, 9.17) is 0 Å². The Morgan fingerprint density at radius 1 is 1.23 bits per heavy atom. The lowest BCUT2D eigenvalue weighted by Gasteiger charge is -2.17. The first kappa shape index (κ1) is 8.16. The zero-order chi connectivity index (χ0) is 9.42. The minimum atomic E-state index is 0.0463. The fraction of sp³-hybridized carbons (Fsp3) is 0.444. The Balaban J connectivity index is 2.53. The van der Waals surface area contributed by atoms with Crippen LogP contribution in [0.15, 0.2) is 0 Å². The number of anilines is 1. The Labute approximate surface area is 76.4 Å². The smallest absolute Gasteiger partial charge is 0.225 e. The fourth-order valence-corrected chi connectivity index (χ4v) is 1.57. The molecule has 1 amide bonds. The van der Waals surface area contributed by atoms with Crippen molar-refractivity contribution < 1.29 is 4.79 Å². The predicted molar refractivity (Wildman–Crippen MR) is 48.5 cm³/mol. The molecule has 0 saturated heterocycles. The summed E-state index contributed by atoms with van der Waals surface area (Å²) in [5.74, 6) is 1.45. The minimum absolute atomic E-state index is 0.0463. The molecular weight excluding hydrogens is 166 g/mol. The molecule has 0 unspecified atom stereocenters. The third-order valence-corrected chi connectivity index (χ3v) is 2.19. The molecule has 1 N–H and O–H groups in total. The first-order valence-corrected chi connectivity index (χ1v) is 4.31. The Morgan fingerprint density at radius 3 is 2.77 bits per heavy atom. The molecule has 4 heteroatoms. The zero-order valence-corrected chi connectivity index (χ0v) is 7.72. The van der Waals surface area contributed by atoms with Gasteiger partial charge in [0.15, 0.2) is 0 Å². The molecule has 0 saturated carbocycles. The van der Waals surface area contributed by atoms with E-state index in [1.807, 2.05) is 13.8 Å². The normalized spacial score (nSPS) is 15.1. The van der Waals surface area contributed by atoms with Crippen molar-refractivity contribution >= 4 is 11.7 Å². The quantitative estimate of drug-likeness (QED) is 0.642. The lowest BCUT2D eigenvalue weighted by molar-refractivity contribution is -0.116. The molecule has 1 aromatic heterocycles. The number of fused-ring (bicyclic) bond motifs is 1. The number of nitrogens with zero attached hydrogens (tertiary/aromatic N) is 2. The van der Waals surface area contributed by atoms with Crippen molar-refractivity contribution in [3.63, 3.8) is 0 Å². The van der Waals surface area contributed by atoms with Gasteiger partial charge >= 0.3 is 0 Å². The summed E-state index contributed by atoms with van der Waals surface area (Å²) < 4.78 is 0. The van der Waals surface area contributed by atoms with E-state index in [1.165, 1.54) is 0 Å². The highest BCUT2D eigenvalue weighted by atomic mass is 16.1. The van der Waals surface area contributed by atoms with Gasteiger partial charge in [0.1, 0.15) is 11.6 Å². The molecule has 0 bridgehead atoms. The molecule has 13 heavy (non-hydrogen) atoms. The number of rotatable bonds is 0. The van der Waals surface area contributed by atoms with Gasteiger partial charge in [0.05, 0.1) is 0 Å². The SMILES string of the molecule is Cc1nc(C)c2c(n1)NC(=O)CC2. The Bertz CT molecular complexity index is 373. The summed E-state index contributed by atoms with van der Waals surface area (Å²) in [5, 5.41) is 2.75. The summed E-state index contributed by atoms with van der Waals surface area (Å²) >= 11 is 0. The van der Waals surface area contributed by atoms with E-state index in [1.54, 1.807) is 0 Å². The molecule has 2 heterocycles. The molecule has 4 nitrogen and oxygen atoms in total. The molecule has 1 aliphatic heterocycles. The average Bonchev–Trinajstić information content (AvgIpc) is 2.02. The highest BCUT2D eigenvalue weighted by Gasteiger charge is 2.18. The number of carbonyl (C=O) groups is 1. The molecule has 0 fully saturated rings. The molecule has 0 aromatic carbocycles. The molecule has 0 aliphatic carbocycles. The van der Waals surface area contributed by atoms with Crippen molar-refractivity contribution in [2.75, 3.05) is 5.32 Å². The van der Waals surface area contributed by atoms with Crippen LogP contribution in [0.4, 0.5) is 5.82 Å². The number of amides is 1. The largest absolute Gasteiger partial charge is 0.310 e. The maximum absolute atomic E-state index is 11.1. The van der Waals surface area contributed by atoms with Gasteiger partial charge in [-0.2, -0.15) is 0 Å². The van der Waals surface area contributed by atoms with Crippen molar-refractivity contribution in [2.45, 2.75) is 26.7 Å². The van der Waals surface area contributed by atoms with Crippen LogP contribution >= 0.6 is 0 Å². The van der Waals surface area contributed by atoms with Gasteiger partial charge in [0, 0.05) is 17.7 Å². The summed E-state index contributed by atoms with van der Waals surface area (Å²) in [6, 6.07) is 0. The van der Waals surface area contributed by atoms with Gasteiger partial charge in [-0.1, -0.05) is 0 Å². The second kappa shape index (κ2) is 2.80. The number of carbonyl (C=O) groups excluding carboxylic acids is 1. The van der Waals surface area contributed by atoms with Crippen molar-refractivity contribution in [1.82, 2.24) is 9.97 Å². The van der Waals surface area contributed by atoms with Crippen LogP contribution in [-0.2, 0) is 11.2 Å². The van der Waals surface area contributed by atoms with E-state index in [2.05, 4.69) is 15.3 Å². The van der Waals surface area contributed by atoms with Crippen LogP contribution in [0.5, 0.6) is 0 Å². The highest BCUT2D eigenvalue weighted by molar-refractivity contribution is 5.92. The molecule has 1 aromatic rings. The molecule has 1 aliphatic rings. The van der Waals surface area contributed by atoms with Gasteiger partial charge in [-0.15, -0.1) is 0 Å². The van der Waals surface area contributed by atoms with Crippen LogP contribution in [0.2, 0.25) is 0 Å². The van der Waals surface area contributed by atoms with E-state index >= 15 is 0 Å². The molecular formula is C9H11N3O. The van der Waals surface area contributed by atoms with E-state index < -0.39 is 0 Å². The topological polar surface area (TPSA) is 54.9 Å². The number of hydrogen-bond acceptors (Lipinski definition) is 3. The van der Waals surface area contributed by atoms with Crippen LogP contribution in [0.1, 0.15) is 23.5 Å². The van der Waals surface area contributed by atoms with Crippen molar-refractivity contribution in [3.8, 4) is 0 Å². The second-order valence-electron chi connectivity index (χ2n) is 3.23. The maximum Gasteiger partial charge on any atom is 0.225 e. The highest BCUT2D eigenvalue weighted by Crippen LogP contribution is 2.22. The third kappa shape index (κ3) is 1.39. The number of hydrogen-bond donors (Lipinski definition) is 1. The molecule has 0 radical (unpaired) electrons. The van der Waals surface area contributed by atoms with E-state index in [-0.39, 0.29) is 5.91 Å². The van der Waals surface area contributed by atoms with Crippen molar-refractivity contribution in [2.24, 2.45) is 0 Å². The number of aromatic nitrogens is 2. The molecule has 68 valence electrons. The average molecular weight is 177 g/mol. The summed E-state index contributed by atoms with van der Waals surface area (Å²) in [5.41, 5.74) is 2.05. The van der Waals surface area contributed by atoms with E-state index in [0.29, 0.717) is 18.1 Å². The van der Waals surface area contributed by atoms with Crippen LogP contribution in [0.3, 0.4) is 0 Å². The summed E-state index contributed by atoms with van der Waals surface area (Å²) in [4.78, 5) is 19.5. The van der Waals surface area contributed by atoms with Crippen LogP contribution in [-0.4, -0.2) is 15.9 Å². The zero-order valence-electron chi connectivity index (χ0n) is 7.72. The summed E-state index contributed by atoms with van der Waals surface area (Å²) in [6.45, 7) is 3.78. The minimum Gasteiger partial charge on any atom is -0.310 e. The van der Waals surface area contributed by atoms with Crippen LogP contribution in [0.25, 0.3) is 0 Å².